The van der Waals surface area contributed by atoms with Crippen LogP contribution in [0.5, 0.6) is 0 Å². The molecule has 0 aliphatic carbocycles. The molecule has 1 aliphatic rings. The molecule has 17 heavy (non-hydrogen) atoms. The van der Waals surface area contributed by atoms with Gasteiger partial charge in [-0.25, -0.2) is 0 Å². The maximum atomic E-state index is 12.1. The highest BCUT2D eigenvalue weighted by atomic mass is 16.5. The number of nitrogens with one attached hydrogen (secondary N) is 1. The maximum Gasteiger partial charge on any atom is 0.313 e. The van der Waals surface area contributed by atoms with Crippen molar-refractivity contribution in [2.75, 3.05) is 13.1 Å². The molecule has 2 atom stereocenters. The molecule has 0 saturated carbocycles. The van der Waals surface area contributed by atoms with Crippen LogP contribution in [-0.2, 0) is 9.53 Å². The van der Waals surface area contributed by atoms with Crippen LogP contribution in [0, 0.1) is 5.41 Å². The normalized spacial score (nSPS) is 25.5. The predicted molar refractivity (Wildman–Crippen MR) is 66.5 cm³/mol. The summed E-state index contributed by atoms with van der Waals surface area (Å²) in [6.45, 7) is 5.49. The van der Waals surface area contributed by atoms with E-state index in [4.69, 9.17) is 4.74 Å². The molecule has 0 aromatic heterocycles. The van der Waals surface area contributed by atoms with Crippen molar-refractivity contribution in [3.8, 4) is 0 Å². The van der Waals surface area contributed by atoms with Gasteiger partial charge in [0.1, 0.15) is 6.10 Å². The lowest BCUT2D eigenvalue weighted by Crippen LogP contribution is -2.32. The molecule has 0 radical (unpaired) electrons. The number of carbonyl (C=O) groups is 1. The molecule has 2 unspecified atom stereocenters. The third-order valence-electron chi connectivity index (χ3n) is 3.41. The van der Waals surface area contributed by atoms with Gasteiger partial charge in [-0.1, -0.05) is 30.3 Å². The van der Waals surface area contributed by atoms with Crippen LogP contribution < -0.4 is 5.32 Å². The van der Waals surface area contributed by atoms with Gasteiger partial charge in [-0.2, -0.15) is 0 Å². The highest BCUT2D eigenvalue weighted by Gasteiger charge is 2.38. The second-order valence-electron chi connectivity index (χ2n) is 4.95. The van der Waals surface area contributed by atoms with Gasteiger partial charge in [0.15, 0.2) is 0 Å². The summed E-state index contributed by atoms with van der Waals surface area (Å²) in [5.74, 6) is -0.0983. The fraction of sp³-hybridized carbons (Fsp3) is 0.500. The van der Waals surface area contributed by atoms with Crippen molar-refractivity contribution < 1.29 is 9.53 Å². The quantitative estimate of drug-likeness (QED) is 0.814. The molecule has 3 nitrogen and oxygen atoms in total. The standard InChI is InChI=1S/C14H19NO2/c1-11(12-6-4-3-5-7-12)17-13(16)14(2)8-9-15-10-14/h3-7,11,15H,8-10H2,1-2H3. The summed E-state index contributed by atoms with van der Waals surface area (Å²) >= 11 is 0. The van der Waals surface area contributed by atoms with Gasteiger partial charge in [0, 0.05) is 6.54 Å². The first kappa shape index (κ1) is 12.1. The minimum Gasteiger partial charge on any atom is -0.457 e. The number of benzene rings is 1. The van der Waals surface area contributed by atoms with Gasteiger partial charge in [-0.15, -0.1) is 0 Å². The van der Waals surface area contributed by atoms with Crippen molar-refractivity contribution in [2.24, 2.45) is 5.41 Å². The Morgan fingerprint density at radius 2 is 2.12 bits per heavy atom. The fourth-order valence-corrected chi connectivity index (χ4v) is 2.09. The molecule has 2 rings (SSSR count). The van der Waals surface area contributed by atoms with Gasteiger partial charge in [0.2, 0.25) is 0 Å². The summed E-state index contributed by atoms with van der Waals surface area (Å²) in [4.78, 5) is 12.1. The molecule has 92 valence electrons. The molecule has 0 amide bonds. The Balaban J connectivity index is 1.99. The molecule has 1 aromatic carbocycles. The van der Waals surface area contributed by atoms with Crippen molar-refractivity contribution in [3.63, 3.8) is 0 Å². The first-order valence-corrected chi connectivity index (χ1v) is 6.08. The Morgan fingerprint density at radius 3 is 2.71 bits per heavy atom. The van der Waals surface area contributed by atoms with E-state index in [2.05, 4.69) is 5.32 Å². The van der Waals surface area contributed by atoms with Crippen molar-refractivity contribution in [1.82, 2.24) is 5.32 Å². The smallest absolute Gasteiger partial charge is 0.313 e. The average molecular weight is 233 g/mol. The SMILES string of the molecule is CC(OC(=O)C1(C)CCNC1)c1ccccc1. The highest BCUT2D eigenvalue weighted by Crippen LogP contribution is 2.29. The van der Waals surface area contributed by atoms with E-state index in [-0.39, 0.29) is 17.5 Å². The molecule has 1 saturated heterocycles. The van der Waals surface area contributed by atoms with E-state index in [9.17, 15) is 4.79 Å². The van der Waals surface area contributed by atoms with E-state index in [0.717, 1.165) is 18.5 Å². The van der Waals surface area contributed by atoms with Crippen LogP contribution in [-0.4, -0.2) is 19.1 Å². The van der Waals surface area contributed by atoms with Gasteiger partial charge >= 0.3 is 5.97 Å². The van der Waals surface area contributed by atoms with E-state index in [1.165, 1.54) is 0 Å². The number of carbonyl (C=O) groups excluding carboxylic acids is 1. The highest BCUT2D eigenvalue weighted by molar-refractivity contribution is 5.77. The summed E-state index contributed by atoms with van der Waals surface area (Å²) in [5, 5.41) is 3.21. The first-order valence-electron chi connectivity index (χ1n) is 6.08. The van der Waals surface area contributed by atoms with Crippen molar-refractivity contribution in [2.45, 2.75) is 26.4 Å². The minimum absolute atomic E-state index is 0.0983. The van der Waals surface area contributed by atoms with Crippen LogP contribution in [0.15, 0.2) is 30.3 Å². The lowest BCUT2D eigenvalue weighted by Gasteiger charge is -2.23. The molecule has 1 N–H and O–H groups in total. The topological polar surface area (TPSA) is 38.3 Å². The van der Waals surface area contributed by atoms with Gasteiger partial charge in [0.25, 0.3) is 0 Å². The Bertz CT molecular complexity index is 382. The zero-order valence-corrected chi connectivity index (χ0v) is 10.4. The van der Waals surface area contributed by atoms with E-state index in [1.807, 2.05) is 44.2 Å². The Labute approximate surface area is 102 Å². The Hall–Kier alpha value is -1.35. The largest absolute Gasteiger partial charge is 0.457 e. The zero-order chi connectivity index (χ0) is 12.3. The summed E-state index contributed by atoms with van der Waals surface area (Å²) in [6.07, 6.45) is 0.675. The van der Waals surface area contributed by atoms with Crippen LogP contribution in [0.2, 0.25) is 0 Å². The van der Waals surface area contributed by atoms with E-state index in [0.29, 0.717) is 6.54 Å². The summed E-state index contributed by atoms with van der Waals surface area (Å²) in [7, 11) is 0. The van der Waals surface area contributed by atoms with E-state index >= 15 is 0 Å². The lowest BCUT2D eigenvalue weighted by molar-refractivity contribution is -0.159. The second kappa shape index (κ2) is 4.88. The third-order valence-corrected chi connectivity index (χ3v) is 3.41. The zero-order valence-electron chi connectivity index (χ0n) is 10.4. The van der Waals surface area contributed by atoms with Crippen LogP contribution in [0.25, 0.3) is 0 Å². The molecular weight excluding hydrogens is 214 g/mol. The molecule has 1 fully saturated rings. The second-order valence-corrected chi connectivity index (χ2v) is 4.95. The van der Waals surface area contributed by atoms with Gasteiger partial charge < -0.3 is 10.1 Å². The summed E-state index contributed by atoms with van der Waals surface area (Å²) < 4.78 is 5.54. The first-order chi connectivity index (χ1) is 8.12. The van der Waals surface area contributed by atoms with Crippen molar-refractivity contribution >= 4 is 5.97 Å². The number of hydrogen-bond donors (Lipinski definition) is 1. The average Bonchev–Trinajstić information content (AvgIpc) is 2.78. The molecule has 3 heteroatoms. The lowest BCUT2D eigenvalue weighted by atomic mass is 9.90. The van der Waals surface area contributed by atoms with E-state index in [1.54, 1.807) is 0 Å². The Morgan fingerprint density at radius 1 is 1.41 bits per heavy atom. The van der Waals surface area contributed by atoms with Crippen LogP contribution in [0.1, 0.15) is 31.9 Å². The van der Waals surface area contributed by atoms with Crippen LogP contribution in [0.4, 0.5) is 0 Å². The number of ether oxygens (including phenoxy) is 1. The number of rotatable bonds is 3. The van der Waals surface area contributed by atoms with Gasteiger partial charge in [-0.3, -0.25) is 4.79 Å². The molecule has 0 spiro atoms. The van der Waals surface area contributed by atoms with Crippen molar-refractivity contribution in [3.05, 3.63) is 35.9 Å². The Kier molecular flexibility index (Phi) is 3.48. The molecule has 1 aromatic rings. The molecular formula is C14H19NO2. The van der Waals surface area contributed by atoms with Crippen molar-refractivity contribution in [1.29, 1.82) is 0 Å². The monoisotopic (exact) mass is 233 g/mol. The van der Waals surface area contributed by atoms with Gasteiger partial charge in [-0.05, 0) is 32.4 Å². The molecule has 1 heterocycles. The third kappa shape index (κ3) is 2.67. The summed E-state index contributed by atoms with van der Waals surface area (Å²) in [5.41, 5.74) is 0.679. The minimum atomic E-state index is -0.358. The van der Waals surface area contributed by atoms with Gasteiger partial charge in [0.05, 0.1) is 5.41 Å². The number of esters is 1. The predicted octanol–water partition coefficient (Wildman–Crippen LogP) is 2.29. The molecule has 0 bridgehead atoms. The maximum absolute atomic E-state index is 12.1. The summed E-state index contributed by atoms with van der Waals surface area (Å²) in [6, 6.07) is 9.83. The van der Waals surface area contributed by atoms with Crippen LogP contribution >= 0.6 is 0 Å². The van der Waals surface area contributed by atoms with Crippen LogP contribution in [0.3, 0.4) is 0 Å². The molecule has 1 aliphatic heterocycles. The fourth-order valence-electron chi connectivity index (χ4n) is 2.09. The van der Waals surface area contributed by atoms with E-state index < -0.39 is 0 Å². The number of hydrogen-bond acceptors (Lipinski definition) is 3.